The fourth-order valence-electron chi connectivity index (χ4n) is 3.33. The summed E-state index contributed by atoms with van der Waals surface area (Å²) in [6.07, 6.45) is 2.11. The molecule has 0 saturated carbocycles. The van der Waals surface area contributed by atoms with Crippen LogP contribution in [0.4, 0.5) is 5.69 Å². The van der Waals surface area contributed by atoms with Crippen LogP contribution in [0.3, 0.4) is 0 Å². The predicted molar refractivity (Wildman–Crippen MR) is 102 cm³/mol. The summed E-state index contributed by atoms with van der Waals surface area (Å²) in [6, 6.07) is 15.4. The van der Waals surface area contributed by atoms with Crippen LogP contribution < -0.4 is 14.8 Å². The van der Waals surface area contributed by atoms with Crippen LogP contribution in [0.15, 0.2) is 54.7 Å². The van der Waals surface area contributed by atoms with Gasteiger partial charge in [-0.2, -0.15) is 0 Å². The highest BCUT2D eigenvalue weighted by atomic mass is 16.6. The number of amides is 1. The minimum atomic E-state index is -0.690. The van der Waals surface area contributed by atoms with Gasteiger partial charge in [-0.25, -0.2) is 0 Å². The number of anilines is 1. The summed E-state index contributed by atoms with van der Waals surface area (Å²) in [5, 5.41) is 4.06. The van der Waals surface area contributed by atoms with Crippen molar-refractivity contribution < 1.29 is 14.3 Å². The Bertz CT molecular complexity index is 947. The fourth-order valence-corrected chi connectivity index (χ4v) is 3.33. The van der Waals surface area contributed by atoms with Gasteiger partial charge in [-0.1, -0.05) is 19.1 Å². The Balaban J connectivity index is 1.52. The maximum absolute atomic E-state index is 12.7. The lowest BCUT2D eigenvalue weighted by Gasteiger charge is -2.31. The quantitative estimate of drug-likeness (QED) is 0.766. The molecule has 0 bridgehead atoms. The van der Waals surface area contributed by atoms with Gasteiger partial charge in [0.15, 0.2) is 11.5 Å². The third-order valence-corrected chi connectivity index (χ3v) is 4.60. The molecular weight excluding hydrogens is 328 g/mol. The van der Waals surface area contributed by atoms with E-state index in [1.54, 1.807) is 0 Å². The van der Waals surface area contributed by atoms with Gasteiger partial charge in [0, 0.05) is 29.3 Å². The van der Waals surface area contributed by atoms with Crippen LogP contribution >= 0.6 is 0 Å². The Morgan fingerprint density at radius 3 is 2.65 bits per heavy atom. The van der Waals surface area contributed by atoms with E-state index in [4.69, 9.17) is 9.47 Å². The molecule has 134 valence electrons. The third kappa shape index (κ3) is 3.01. The lowest BCUT2D eigenvalue weighted by atomic mass is 10.1. The summed E-state index contributed by atoms with van der Waals surface area (Å²) >= 11 is 0. The number of rotatable bonds is 4. The Morgan fingerprint density at radius 2 is 1.88 bits per heavy atom. The van der Waals surface area contributed by atoms with E-state index in [1.165, 1.54) is 5.52 Å². The lowest BCUT2D eigenvalue weighted by molar-refractivity contribution is -0.128. The molecule has 0 aliphatic carbocycles. The van der Waals surface area contributed by atoms with Gasteiger partial charge < -0.3 is 19.4 Å². The number of aromatic nitrogens is 1. The molecule has 26 heavy (non-hydrogen) atoms. The molecule has 3 aromatic rings. The van der Waals surface area contributed by atoms with Gasteiger partial charge in [0.25, 0.3) is 5.91 Å². The zero-order valence-electron chi connectivity index (χ0n) is 14.9. The van der Waals surface area contributed by atoms with Crippen molar-refractivity contribution >= 4 is 22.5 Å². The highest BCUT2D eigenvalue weighted by Crippen LogP contribution is 2.33. The number of fused-ring (bicyclic) bond motifs is 2. The number of benzene rings is 2. The third-order valence-electron chi connectivity index (χ3n) is 4.60. The van der Waals surface area contributed by atoms with Crippen LogP contribution in [-0.4, -0.2) is 22.7 Å². The first-order chi connectivity index (χ1) is 12.7. The van der Waals surface area contributed by atoms with Crippen molar-refractivity contribution in [1.29, 1.82) is 0 Å². The summed E-state index contributed by atoms with van der Waals surface area (Å²) in [5.74, 6) is 1.06. The maximum atomic E-state index is 12.7. The minimum absolute atomic E-state index is 0.209. The molecule has 1 aliphatic rings. The molecule has 0 fully saturated rings. The van der Waals surface area contributed by atoms with Crippen molar-refractivity contribution in [2.24, 2.45) is 0 Å². The molecule has 0 spiro atoms. The van der Waals surface area contributed by atoms with E-state index in [-0.39, 0.29) is 12.0 Å². The molecule has 5 heteroatoms. The average Bonchev–Trinajstić information content (AvgIpc) is 3.03. The number of hydrogen-bond acceptors (Lipinski definition) is 3. The highest BCUT2D eigenvalue weighted by Gasteiger charge is 2.34. The predicted octanol–water partition coefficient (Wildman–Crippen LogP) is 4.22. The standard InChI is InChI=1S/C21H22N2O3/c1-3-11-23-12-10-15-13-16(8-9-17(15)23)22-21(24)20-14(2)25-18-6-4-5-7-19(18)26-20/h4-10,12-14,20H,3,11H2,1-2H3,(H,22,24). The van der Waals surface area contributed by atoms with E-state index in [0.717, 1.165) is 24.0 Å². The van der Waals surface area contributed by atoms with Gasteiger partial charge in [0.2, 0.25) is 6.10 Å². The first-order valence-corrected chi connectivity index (χ1v) is 8.98. The average molecular weight is 350 g/mol. The molecule has 2 heterocycles. The van der Waals surface area contributed by atoms with Gasteiger partial charge in [0.1, 0.15) is 6.10 Å². The number of para-hydroxylation sites is 2. The van der Waals surface area contributed by atoms with Crippen molar-refractivity contribution in [3.8, 4) is 11.5 Å². The van der Waals surface area contributed by atoms with E-state index < -0.39 is 6.10 Å². The normalized spacial score (nSPS) is 18.7. The largest absolute Gasteiger partial charge is 0.482 e. The molecule has 1 aliphatic heterocycles. The Kier molecular flexibility index (Phi) is 4.29. The summed E-state index contributed by atoms with van der Waals surface area (Å²) in [6.45, 7) is 4.99. The van der Waals surface area contributed by atoms with Crippen molar-refractivity contribution in [1.82, 2.24) is 4.57 Å². The first kappa shape index (κ1) is 16.5. The molecule has 0 radical (unpaired) electrons. The molecule has 1 N–H and O–H groups in total. The summed E-state index contributed by atoms with van der Waals surface area (Å²) in [4.78, 5) is 12.7. The molecule has 2 atom stereocenters. The number of hydrogen-bond donors (Lipinski definition) is 1. The second-order valence-corrected chi connectivity index (χ2v) is 6.58. The zero-order chi connectivity index (χ0) is 18.1. The number of aryl methyl sites for hydroxylation is 1. The molecule has 4 rings (SSSR count). The smallest absolute Gasteiger partial charge is 0.269 e. The topological polar surface area (TPSA) is 52.5 Å². The van der Waals surface area contributed by atoms with Crippen molar-refractivity contribution in [2.45, 2.75) is 39.0 Å². The Hall–Kier alpha value is -2.95. The minimum Gasteiger partial charge on any atom is -0.482 e. The van der Waals surface area contributed by atoms with E-state index in [9.17, 15) is 4.79 Å². The Morgan fingerprint density at radius 1 is 1.12 bits per heavy atom. The van der Waals surface area contributed by atoms with Crippen LogP contribution in [0, 0.1) is 0 Å². The molecule has 1 amide bonds. The van der Waals surface area contributed by atoms with E-state index in [2.05, 4.69) is 29.1 Å². The molecule has 5 nitrogen and oxygen atoms in total. The van der Waals surface area contributed by atoms with Crippen LogP contribution in [-0.2, 0) is 11.3 Å². The maximum Gasteiger partial charge on any atom is 0.269 e. The number of ether oxygens (including phenoxy) is 2. The van der Waals surface area contributed by atoms with E-state index in [1.807, 2.05) is 49.4 Å². The molecular formula is C21H22N2O3. The van der Waals surface area contributed by atoms with Crippen molar-refractivity contribution in [3.05, 3.63) is 54.7 Å². The lowest BCUT2D eigenvalue weighted by Crippen LogP contribution is -2.46. The molecule has 2 unspecified atom stereocenters. The van der Waals surface area contributed by atoms with Gasteiger partial charge >= 0.3 is 0 Å². The van der Waals surface area contributed by atoms with Gasteiger partial charge in [-0.3, -0.25) is 4.79 Å². The number of nitrogens with zero attached hydrogens (tertiary/aromatic N) is 1. The monoisotopic (exact) mass is 350 g/mol. The van der Waals surface area contributed by atoms with Crippen LogP contribution in [0.25, 0.3) is 10.9 Å². The van der Waals surface area contributed by atoms with Gasteiger partial charge in [0.05, 0.1) is 0 Å². The molecule has 0 saturated heterocycles. The second-order valence-electron chi connectivity index (χ2n) is 6.58. The van der Waals surface area contributed by atoms with Crippen LogP contribution in [0.2, 0.25) is 0 Å². The number of carbonyl (C=O) groups excluding carboxylic acids is 1. The van der Waals surface area contributed by atoms with Crippen molar-refractivity contribution in [2.75, 3.05) is 5.32 Å². The van der Waals surface area contributed by atoms with Crippen LogP contribution in [0.1, 0.15) is 20.3 Å². The fraction of sp³-hybridized carbons (Fsp3) is 0.286. The van der Waals surface area contributed by atoms with Crippen LogP contribution in [0.5, 0.6) is 11.5 Å². The van der Waals surface area contributed by atoms with E-state index >= 15 is 0 Å². The van der Waals surface area contributed by atoms with Gasteiger partial charge in [-0.05, 0) is 49.7 Å². The molecule has 1 aromatic heterocycles. The van der Waals surface area contributed by atoms with E-state index in [0.29, 0.717) is 11.5 Å². The number of nitrogens with one attached hydrogen (secondary N) is 1. The zero-order valence-corrected chi connectivity index (χ0v) is 14.9. The Labute approximate surface area is 152 Å². The summed E-state index contributed by atoms with van der Waals surface area (Å²) in [7, 11) is 0. The summed E-state index contributed by atoms with van der Waals surface area (Å²) in [5.41, 5.74) is 1.93. The first-order valence-electron chi connectivity index (χ1n) is 8.98. The SMILES string of the molecule is CCCn1ccc2cc(NC(=O)C3Oc4ccccc4OC3C)ccc21. The number of carbonyl (C=O) groups is 1. The van der Waals surface area contributed by atoms with Crippen molar-refractivity contribution in [3.63, 3.8) is 0 Å². The van der Waals surface area contributed by atoms with Gasteiger partial charge in [-0.15, -0.1) is 0 Å². The highest BCUT2D eigenvalue weighted by molar-refractivity contribution is 5.97. The molecule has 2 aromatic carbocycles. The second kappa shape index (κ2) is 6.75. The summed E-state index contributed by atoms with van der Waals surface area (Å²) < 4.78 is 13.9.